The van der Waals surface area contributed by atoms with Crippen molar-refractivity contribution in [2.75, 3.05) is 11.5 Å². The lowest BCUT2D eigenvalue weighted by Crippen LogP contribution is -2.09. The van der Waals surface area contributed by atoms with Crippen LogP contribution in [0.25, 0.3) is 11.1 Å². The standard InChI is InChI=1S/C20H20N4O2.ClH/c1-2-17-16(18(21)24-20(22)23-17)10-12-6-8-13(9-7-12)14-4-3-5-15(11-14)19(25)26;/h3-9,11H,2,10H2,1H3,(H,25,26)(H4,21,22,23,24);1H. The van der Waals surface area contributed by atoms with Gasteiger partial charge >= 0.3 is 5.97 Å². The Morgan fingerprint density at radius 2 is 1.74 bits per heavy atom. The summed E-state index contributed by atoms with van der Waals surface area (Å²) in [5.74, 6) is -0.335. The Morgan fingerprint density at radius 1 is 1.04 bits per heavy atom. The largest absolute Gasteiger partial charge is 0.478 e. The molecule has 140 valence electrons. The zero-order valence-corrected chi connectivity index (χ0v) is 15.7. The number of aryl methyl sites for hydroxylation is 1. The minimum Gasteiger partial charge on any atom is -0.478 e. The van der Waals surface area contributed by atoms with E-state index in [1.165, 1.54) is 0 Å². The molecule has 5 N–H and O–H groups in total. The maximum atomic E-state index is 11.1. The molecule has 0 atom stereocenters. The number of nitrogens with zero attached hydrogens (tertiary/aromatic N) is 2. The SMILES string of the molecule is CCc1nc(N)nc(N)c1Cc1ccc(-c2cccc(C(=O)O)c2)cc1.Cl. The van der Waals surface area contributed by atoms with E-state index in [2.05, 4.69) is 9.97 Å². The summed E-state index contributed by atoms with van der Waals surface area (Å²) < 4.78 is 0. The molecular weight excluding hydrogens is 364 g/mol. The molecule has 0 unspecified atom stereocenters. The highest BCUT2D eigenvalue weighted by Gasteiger charge is 2.11. The van der Waals surface area contributed by atoms with Crippen LogP contribution in [0.4, 0.5) is 11.8 Å². The Labute approximate surface area is 163 Å². The minimum absolute atomic E-state index is 0. The second kappa shape index (κ2) is 8.51. The number of nitrogens with two attached hydrogens (primary N) is 2. The molecule has 0 radical (unpaired) electrons. The maximum Gasteiger partial charge on any atom is 0.335 e. The fourth-order valence-corrected chi connectivity index (χ4v) is 2.91. The van der Waals surface area contributed by atoms with Crippen LogP contribution in [0, 0.1) is 0 Å². The molecule has 2 aromatic carbocycles. The summed E-state index contributed by atoms with van der Waals surface area (Å²) in [7, 11) is 0. The number of hydrogen-bond donors (Lipinski definition) is 3. The van der Waals surface area contributed by atoms with Gasteiger partial charge in [0.1, 0.15) is 5.82 Å². The first-order valence-electron chi connectivity index (χ1n) is 8.31. The van der Waals surface area contributed by atoms with E-state index in [1.54, 1.807) is 18.2 Å². The summed E-state index contributed by atoms with van der Waals surface area (Å²) in [4.78, 5) is 19.5. The molecule has 0 fully saturated rings. The molecule has 0 aliphatic rings. The van der Waals surface area contributed by atoms with E-state index in [-0.39, 0.29) is 23.9 Å². The lowest BCUT2D eigenvalue weighted by Gasteiger charge is -2.11. The Kier molecular flexibility index (Phi) is 6.36. The van der Waals surface area contributed by atoms with Crippen LogP contribution in [-0.2, 0) is 12.8 Å². The third kappa shape index (κ3) is 4.54. The fourth-order valence-electron chi connectivity index (χ4n) is 2.91. The van der Waals surface area contributed by atoms with E-state index in [0.717, 1.165) is 34.4 Å². The highest BCUT2D eigenvalue weighted by Crippen LogP contribution is 2.24. The highest BCUT2D eigenvalue weighted by atomic mass is 35.5. The van der Waals surface area contributed by atoms with Gasteiger partial charge in [-0.15, -0.1) is 12.4 Å². The molecule has 0 saturated heterocycles. The minimum atomic E-state index is -0.936. The van der Waals surface area contributed by atoms with Gasteiger partial charge in [0.15, 0.2) is 0 Å². The third-order valence-electron chi connectivity index (χ3n) is 4.25. The topological polar surface area (TPSA) is 115 Å². The van der Waals surface area contributed by atoms with E-state index in [9.17, 15) is 4.79 Å². The molecule has 27 heavy (non-hydrogen) atoms. The fraction of sp³-hybridized carbons (Fsp3) is 0.150. The van der Waals surface area contributed by atoms with Crippen molar-refractivity contribution in [3.8, 4) is 11.1 Å². The first-order chi connectivity index (χ1) is 12.5. The van der Waals surface area contributed by atoms with Gasteiger partial charge in [-0.1, -0.05) is 43.3 Å². The van der Waals surface area contributed by atoms with Gasteiger partial charge in [-0.3, -0.25) is 0 Å². The van der Waals surface area contributed by atoms with E-state index >= 15 is 0 Å². The number of carboxylic acid groups (broad SMARTS) is 1. The van der Waals surface area contributed by atoms with Crippen molar-refractivity contribution in [2.45, 2.75) is 19.8 Å². The van der Waals surface area contributed by atoms with Crippen LogP contribution in [0.1, 0.15) is 34.1 Å². The molecule has 1 aromatic heterocycles. The van der Waals surface area contributed by atoms with Crippen LogP contribution in [-0.4, -0.2) is 21.0 Å². The molecule has 0 bridgehead atoms. The number of carbonyl (C=O) groups is 1. The van der Waals surface area contributed by atoms with Crippen molar-refractivity contribution in [3.63, 3.8) is 0 Å². The van der Waals surface area contributed by atoms with Gasteiger partial charge in [0.05, 0.1) is 11.3 Å². The Balaban J connectivity index is 0.00000261. The Bertz CT molecular complexity index is 959. The van der Waals surface area contributed by atoms with Crippen LogP contribution < -0.4 is 11.5 Å². The van der Waals surface area contributed by atoms with Gasteiger partial charge in [-0.25, -0.2) is 9.78 Å². The first-order valence-corrected chi connectivity index (χ1v) is 8.31. The molecule has 0 aliphatic heterocycles. The molecule has 0 spiro atoms. The van der Waals surface area contributed by atoms with Crippen molar-refractivity contribution >= 4 is 30.1 Å². The van der Waals surface area contributed by atoms with E-state index in [0.29, 0.717) is 12.2 Å². The zero-order valence-electron chi connectivity index (χ0n) is 14.8. The van der Waals surface area contributed by atoms with Crippen LogP contribution >= 0.6 is 12.4 Å². The number of aromatic carboxylic acids is 1. The third-order valence-corrected chi connectivity index (χ3v) is 4.25. The van der Waals surface area contributed by atoms with Crippen molar-refractivity contribution < 1.29 is 9.90 Å². The number of anilines is 2. The molecule has 0 aliphatic carbocycles. The van der Waals surface area contributed by atoms with Gasteiger partial charge in [-0.2, -0.15) is 4.98 Å². The van der Waals surface area contributed by atoms with Gasteiger partial charge < -0.3 is 16.6 Å². The molecule has 3 aromatic rings. The number of carboxylic acids is 1. The van der Waals surface area contributed by atoms with Crippen molar-refractivity contribution in [3.05, 3.63) is 70.9 Å². The molecular formula is C20H21ClN4O2. The van der Waals surface area contributed by atoms with Gasteiger partial charge in [0.2, 0.25) is 5.95 Å². The second-order valence-corrected chi connectivity index (χ2v) is 6.01. The maximum absolute atomic E-state index is 11.1. The number of hydrogen-bond acceptors (Lipinski definition) is 5. The Morgan fingerprint density at radius 3 is 2.37 bits per heavy atom. The summed E-state index contributed by atoms with van der Waals surface area (Å²) in [5.41, 5.74) is 16.6. The summed E-state index contributed by atoms with van der Waals surface area (Å²) in [6.45, 7) is 2.00. The number of benzene rings is 2. The molecule has 3 rings (SSSR count). The van der Waals surface area contributed by atoms with E-state index in [4.69, 9.17) is 16.6 Å². The normalized spacial score (nSPS) is 10.3. The molecule has 7 heteroatoms. The number of aromatic nitrogens is 2. The van der Waals surface area contributed by atoms with E-state index < -0.39 is 5.97 Å². The zero-order chi connectivity index (χ0) is 18.7. The van der Waals surface area contributed by atoms with Crippen LogP contribution in [0.15, 0.2) is 48.5 Å². The lowest BCUT2D eigenvalue weighted by molar-refractivity contribution is 0.0697. The monoisotopic (exact) mass is 384 g/mol. The number of nitrogen functional groups attached to an aromatic ring is 2. The lowest BCUT2D eigenvalue weighted by atomic mass is 9.98. The molecule has 6 nitrogen and oxygen atoms in total. The quantitative estimate of drug-likeness (QED) is 0.619. The van der Waals surface area contributed by atoms with Crippen LogP contribution in [0.5, 0.6) is 0 Å². The smallest absolute Gasteiger partial charge is 0.335 e. The van der Waals surface area contributed by atoms with Crippen molar-refractivity contribution in [2.24, 2.45) is 0 Å². The predicted octanol–water partition coefficient (Wildman–Crippen LogP) is 3.58. The highest BCUT2D eigenvalue weighted by molar-refractivity contribution is 5.89. The summed E-state index contributed by atoms with van der Waals surface area (Å²) in [6, 6.07) is 14.8. The first kappa shape index (κ1) is 20.2. The predicted molar refractivity (Wildman–Crippen MR) is 109 cm³/mol. The number of rotatable bonds is 5. The van der Waals surface area contributed by atoms with Gasteiger partial charge in [0, 0.05) is 12.0 Å². The number of halogens is 1. The summed E-state index contributed by atoms with van der Waals surface area (Å²) in [6.07, 6.45) is 1.34. The average Bonchev–Trinajstić information content (AvgIpc) is 2.64. The second-order valence-electron chi connectivity index (χ2n) is 6.01. The summed E-state index contributed by atoms with van der Waals surface area (Å²) >= 11 is 0. The summed E-state index contributed by atoms with van der Waals surface area (Å²) in [5, 5.41) is 9.13. The van der Waals surface area contributed by atoms with Crippen molar-refractivity contribution in [1.82, 2.24) is 9.97 Å². The van der Waals surface area contributed by atoms with Crippen molar-refractivity contribution in [1.29, 1.82) is 0 Å². The van der Waals surface area contributed by atoms with Gasteiger partial charge in [-0.05, 0) is 35.2 Å². The average molecular weight is 385 g/mol. The van der Waals surface area contributed by atoms with E-state index in [1.807, 2.05) is 37.3 Å². The van der Waals surface area contributed by atoms with Gasteiger partial charge in [0.25, 0.3) is 0 Å². The molecule has 0 amide bonds. The van der Waals surface area contributed by atoms with Crippen LogP contribution in [0.3, 0.4) is 0 Å². The Hall–Kier alpha value is -3.12. The van der Waals surface area contributed by atoms with Crippen LogP contribution in [0.2, 0.25) is 0 Å². The molecule has 1 heterocycles. The molecule has 0 saturated carbocycles.